The molecule has 0 fully saturated rings. The quantitative estimate of drug-likeness (QED) is 0.357. The third-order valence-electron chi connectivity index (χ3n) is 6.24. The van der Waals surface area contributed by atoms with Crippen molar-refractivity contribution in [1.82, 2.24) is 15.5 Å². The van der Waals surface area contributed by atoms with Crippen LogP contribution in [0.15, 0.2) is 42.5 Å². The number of phenols is 1. The molecule has 2 aromatic carbocycles. The predicted octanol–water partition coefficient (Wildman–Crippen LogP) is 5.34. The van der Waals surface area contributed by atoms with Crippen molar-refractivity contribution in [1.29, 1.82) is 0 Å². The van der Waals surface area contributed by atoms with Gasteiger partial charge in [0.25, 0.3) is 0 Å². The van der Waals surface area contributed by atoms with E-state index < -0.39 is 23.8 Å². The second kappa shape index (κ2) is 14.0. The maximum absolute atomic E-state index is 14.3. The number of alkyl carbamates (subject to hydrolysis) is 1. The van der Waals surface area contributed by atoms with Crippen LogP contribution in [0.3, 0.4) is 0 Å². The Balaban J connectivity index is 2.57. The molecule has 2 aromatic rings. The Morgan fingerprint density at radius 3 is 2.15 bits per heavy atom. The molecule has 0 aliphatic carbocycles. The van der Waals surface area contributed by atoms with Gasteiger partial charge < -0.3 is 25.4 Å². The van der Waals surface area contributed by atoms with Crippen molar-refractivity contribution in [2.75, 3.05) is 6.54 Å². The lowest BCUT2D eigenvalue weighted by Crippen LogP contribution is -2.54. The topological polar surface area (TPSA) is 108 Å². The average Bonchev–Trinajstić information content (AvgIpc) is 2.82. The Labute approximate surface area is 233 Å². The van der Waals surface area contributed by atoms with Gasteiger partial charge in [-0.05, 0) is 89.3 Å². The molecule has 0 radical (unpaired) electrons. The van der Waals surface area contributed by atoms with Crippen molar-refractivity contribution in [2.24, 2.45) is 0 Å². The predicted molar refractivity (Wildman–Crippen MR) is 154 cm³/mol. The van der Waals surface area contributed by atoms with Gasteiger partial charge in [-0.2, -0.15) is 0 Å². The molecular weight excluding hydrogens is 494 g/mol. The molecule has 0 aliphatic heterocycles. The van der Waals surface area contributed by atoms with Gasteiger partial charge in [0, 0.05) is 19.0 Å². The SMILES string of the molecule is CCCCN(C(=O)C(Cc1ccc(O)cc1)NC(=O)OC(C)(C)C)C(C(=O)NC(C)C)c1ccc(C)c(C)c1. The molecule has 0 heterocycles. The van der Waals surface area contributed by atoms with Gasteiger partial charge in [0.05, 0.1) is 0 Å². The van der Waals surface area contributed by atoms with Crippen LogP contribution in [0.5, 0.6) is 5.75 Å². The number of phenolic OH excluding ortho intramolecular Hbond substituents is 1. The summed E-state index contributed by atoms with van der Waals surface area (Å²) in [6.45, 7) is 15.4. The number of ether oxygens (including phenoxy) is 1. The molecule has 3 N–H and O–H groups in total. The maximum atomic E-state index is 14.3. The first kappa shape index (κ1) is 31.7. The molecule has 2 unspecified atom stereocenters. The molecule has 214 valence electrons. The van der Waals surface area contributed by atoms with Gasteiger partial charge in [0.15, 0.2) is 0 Å². The highest BCUT2D eigenvalue weighted by Gasteiger charge is 2.36. The minimum absolute atomic E-state index is 0.103. The number of benzene rings is 2. The summed E-state index contributed by atoms with van der Waals surface area (Å²) < 4.78 is 5.47. The Hall–Kier alpha value is -3.55. The molecule has 2 rings (SSSR count). The number of carbonyl (C=O) groups excluding carboxylic acids is 3. The lowest BCUT2D eigenvalue weighted by Gasteiger charge is -2.35. The molecule has 0 bridgehead atoms. The van der Waals surface area contributed by atoms with E-state index in [4.69, 9.17) is 4.74 Å². The zero-order valence-corrected chi connectivity index (χ0v) is 24.6. The van der Waals surface area contributed by atoms with Gasteiger partial charge >= 0.3 is 6.09 Å². The molecule has 3 amide bonds. The minimum Gasteiger partial charge on any atom is -0.508 e. The third kappa shape index (κ3) is 9.93. The third-order valence-corrected chi connectivity index (χ3v) is 6.24. The van der Waals surface area contributed by atoms with Crippen LogP contribution < -0.4 is 10.6 Å². The molecule has 2 atom stereocenters. The van der Waals surface area contributed by atoms with Crippen molar-refractivity contribution < 1.29 is 24.2 Å². The number of hydrogen-bond acceptors (Lipinski definition) is 5. The molecule has 0 aliphatic rings. The fourth-order valence-electron chi connectivity index (χ4n) is 4.18. The second-order valence-electron chi connectivity index (χ2n) is 11.4. The summed E-state index contributed by atoms with van der Waals surface area (Å²) >= 11 is 0. The number of aromatic hydroxyl groups is 1. The van der Waals surface area contributed by atoms with E-state index in [0.717, 1.165) is 23.1 Å². The maximum Gasteiger partial charge on any atom is 0.408 e. The Morgan fingerprint density at radius 1 is 0.974 bits per heavy atom. The summed E-state index contributed by atoms with van der Waals surface area (Å²) in [5.74, 6) is -0.561. The number of nitrogens with zero attached hydrogens (tertiary/aromatic N) is 1. The number of nitrogens with one attached hydrogen (secondary N) is 2. The Kier molecular flexibility index (Phi) is 11.4. The molecular formula is C31H45N3O5. The van der Waals surface area contributed by atoms with Crippen LogP contribution in [0.1, 0.15) is 82.7 Å². The first-order valence-electron chi connectivity index (χ1n) is 13.7. The molecule has 0 saturated carbocycles. The van der Waals surface area contributed by atoms with Crippen LogP contribution in [0, 0.1) is 13.8 Å². The van der Waals surface area contributed by atoms with E-state index in [2.05, 4.69) is 10.6 Å². The standard InChI is InChI=1S/C31H45N3O5/c1-9-10-17-34(27(28(36)32-20(2)3)24-14-11-21(4)22(5)18-24)29(37)26(33-30(38)39-31(6,7)8)19-23-12-15-25(35)16-13-23/h11-16,18,20,26-27,35H,9-10,17,19H2,1-8H3,(H,32,36)(H,33,38). The summed E-state index contributed by atoms with van der Waals surface area (Å²) in [4.78, 5) is 42.4. The van der Waals surface area contributed by atoms with E-state index in [1.165, 1.54) is 12.1 Å². The van der Waals surface area contributed by atoms with Gasteiger partial charge in [-0.25, -0.2) is 4.79 Å². The van der Waals surface area contributed by atoms with E-state index in [1.807, 2.05) is 52.8 Å². The zero-order chi connectivity index (χ0) is 29.3. The van der Waals surface area contributed by atoms with E-state index >= 15 is 0 Å². The number of aryl methyl sites for hydroxylation is 2. The van der Waals surface area contributed by atoms with Crippen LogP contribution in [0.4, 0.5) is 4.79 Å². The van der Waals surface area contributed by atoms with Crippen LogP contribution in [-0.4, -0.2) is 52.1 Å². The summed E-state index contributed by atoms with van der Waals surface area (Å²) in [6, 6.07) is 10.3. The summed E-state index contributed by atoms with van der Waals surface area (Å²) in [7, 11) is 0. The number of carbonyl (C=O) groups is 3. The van der Waals surface area contributed by atoms with Gasteiger partial charge in [-0.1, -0.05) is 43.7 Å². The van der Waals surface area contributed by atoms with Crippen molar-refractivity contribution in [3.05, 3.63) is 64.7 Å². The monoisotopic (exact) mass is 539 g/mol. The average molecular weight is 540 g/mol. The van der Waals surface area contributed by atoms with Crippen molar-refractivity contribution in [3.63, 3.8) is 0 Å². The van der Waals surface area contributed by atoms with Crippen molar-refractivity contribution in [3.8, 4) is 5.75 Å². The number of amides is 3. The summed E-state index contributed by atoms with van der Waals surface area (Å²) in [6.07, 6.45) is 0.939. The van der Waals surface area contributed by atoms with Crippen LogP contribution >= 0.6 is 0 Å². The Bertz CT molecular complexity index is 1120. The van der Waals surface area contributed by atoms with Gasteiger partial charge in [0.1, 0.15) is 23.4 Å². The molecule has 8 heteroatoms. The number of hydrogen-bond donors (Lipinski definition) is 3. The zero-order valence-electron chi connectivity index (χ0n) is 24.6. The first-order valence-corrected chi connectivity index (χ1v) is 13.7. The molecule has 0 aromatic heterocycles. The van der Waals surface area contributed by atoms with Crippen molar-refractivity contribution in [2.45, 2.75) is 98.4 Å². The van der Waals surface area contributed by atoms with E-state index in [9.17, 15) is 19.5 Å². The van der Waals surface area contributed by atoms with Gasteiger partial charge in [-0.3, -0.25) is 9.59 Å². The summed E-state index contributed by atoms with van der Waals surface area (Å²) in [5.41, 5.74) is 2.81. The van der Waals surface area contributed by atoms with E-state index in [1.54, 1.807) is 37.8 Å². The fraction of sp³-hybridized carbons (Fsp3) is 0.516. The lowest BCUT2D eigenvalue weighted by molar-refractivity contribution is -0.142. The Morgan fingerprint density at radius 2 is 1.62 bits per heavy atom. The van der Waals surface area contributed by atoms with E-state index in [-0.39, 0.29) is 30.0 Å². The van der Waals surface area contributed by atoms with Crippen LogP contribution in [-0.2, 0) is 20.7 Å². The highest BCUT2D eigenvalue weighted by Crippen LogP contribution is 2.26. The normalized spacial score (nSPS) is 12.9. The summed E-state index contributed by atoms with van der Waals surface area (Å²) in [5, 5.41) is 15.5. The highest BCUT2D eigenvalue weighted by molar-refractivity contribution is 5.92. The second-order valence-corrected chi connectivity index (χ2v) is 11.4. The molecule has 0 spiro atoms. The van der Waals surface area contributed by atoms with E-state index in [0.29, 0.717) is 18.5 Å². The molecule has 0 saturated heterocycles. The number of rotatable bonds is 11. The van der Waals surface area contributed by atoms with Crippen molar-refractivity contribution >= 4 is 17.9 Å². The minimum atomic E-state index is -0.998. The first-order chi connectivity index (χ1) is 18.2. The molecule has 8 nitrogen and oxygen atoms in total. The largest absolute Gasteiger partial charge is 0.508 e. The lowest BCUT2D eigenvalue weighted by atomic mass is 9.97. The molecule has 39 heavy (non-hydrogen) atoms. The van der Waals surface area contributed by atoms with Gasteiger partial charge in [0.2, 0.25) is 11.8 Å². The van der Waals surface area contributed by atoms with Crippen LogP contribution in [0.2, 0.25) is 0 Å². The smallest absolute Gasteiger partial charge is 0.408 e. The fourth-order valence-corrected chi connectivity index (χ4v) is 4.18. The van der Waals surface area contributed by atoms with Crippen LogP contribution in [0.25, 0.3) is 0 Å². The highest BCUT2D eigenvalue weighted by atomic mass is 16.6. The van der Waals surface area contributed by atoms with Gasteiger partial charge in [-0.15, -0.1) is 0 Å². The number of unbranched alkanes of at least 4 members (excludes halogenated alkanes) is 1.